The highest BCUT2D eigenvalue weighted by molar-refractivity contribution is 5.92. The van der Waals surface area contributed by atoms with E-state index in [9.17, 15) is 9.90 Å². The number of amides is 1. The molecular weight excluding hydrogens is 240 g/mol. The Labute approximate surface area is 115 Å². The maximum Gasteiger partial charge on any atom is 0.270 e. The largest absolute Gasteiger partial charge is 0.390 e. The topological polar surface area (TPSA) is 45.5 Å². The van der Waals surface area contributed by atoms with Gasteiger partial charge in [-0.05, 0) is 44.7 Å². The van der Waals surface area contributed by atoms with Crippen LogP contribution >= 0.6 is 0 Å². The Morgan fingerprint density at radius 1 is 1.42 bits per heavy atom. The molecule has 0 radical (unpaired) electrons. The van der Waals surface area contributed by atoms with E-state index in [1.165, 1.54) is 0 Å². The van der Waals surface area contributed by atoms with Gasteiger partial charge < -0.3 is 14.6 Å². The van der Waals surface area contributed by atoms with Gasteiger partial charge in [0, 0.05) is 25.8 Å². The van der Waals surface area contributed by atoms with Crippen LogP contribution < -0.4 is 0 Å². The van der Waals surface area contributed by atoms with Gasteiger partial charge in [-0.1, -0.05) is 6.92 Å². The Bertz CT molecular complexity index is 437. The van der Waals surface area contributed by atoms with Crippen molar-refractivity contribution in [2.24, 2.45) is 0 Å². The molecule has 4 nitrogen and oxygen atoms in total. The Kier molecular flexibility index (Phi) is 4.30. The Morgan fingerprint density at radius 3 is 2.95 bits per heavy atom. The van der Waals surface area contributed by atoms with Crippen LogP contribution in [0.2, 0.25) is 0 Å². The summed E-state index contributed by atoms with van der Waals surface area (Å²) in [4.78, 5) is 14.4. The van der Waals surface area contributed by atoms with Gasteiger partial charge in [0.15, 0.2) is 0 Å². The molecule has 19 heavy (non-hydrogen) atoms. The van der Waals surface area contributed by atoms with Crippen LogP contribution in [-0.4, -0.2) is 39.2 Å². The molecule has 4 heteroatoms. The molecule has 1 fully saturated rings. The smallest absolute Gasteiger partial charge is 0.270 e. The first-order valence-corrected chi connectivity index (χ1v) is 7.20. The zero-order valence-corrected chi connectivity index (χ0v) is 11.9. The SMILES string of the molecule is CCCn1cccc1C(=O)N1CCCC(C)(O)CC1. The minimum Gasteiger partial charge on any atom is -0.390 e. The van der Waals surface area contributed by atoms with Gasteiger partial charge in [-0.25, -0.2) is 0 Å². The van der Waals surface area contributed by atoms with Crippen molar-refractivity contribution < 1.29 is 9.90 Å². The van der Waals surface area contributed by atoms with Crippen LogP contribution in [0.1, 0.15) is 50.0 Å². The highest BCUT2D eigenvalue weighted by Gasteiger charge is 2.28. The molecule has 0 spiro atoms. The van der Waals surface area contributed by atoms with E-state index >= 15 is 0 Å². The summed E-state index contributed by atoms with van der Waals surface area (Å²) in [6.45, 7) is 6.23. The fraction of sp³-hybridized carbons (Fsp3) is 0.667. The van der Waals surface area contributed by atoms with Crippen molar-refractivity contribution in [3.05, 3.63) is 24.0 Å². The van der Waals surface area contributed by atoms with E-state index in [0.29, 0.717) is 13.0 Å². The van der Waals surface area contributed by atoms with E-state index in [4.69, 9.17) is 0 Å². The fourth-order valence-electron chi connectivity index (χ4n) is 2.67. The standard InChI is InChI=1S/C15H24N2O2/c1-3-9-16-10-4-6-13(16)14(18)17-11-5-7-15(2,19)8-12-17/h4,6,10,19H,3,5,7-9,11-12H2,1-2H3. The van der Waals surface area contributed by atoms with Crippen molar-refractivity contribution in [2.75, 3.05) is 13.1 Å². The minimum atomic E-state index is -0.625. The number of nitrogens with zero attached hydrogens (tertiary/aromatic N) is 2. The molecule has 1 aliphatic heterocycles. The van der Waals surface area contributed by atoms with Crippen molar-refractivity contribution in [1.29, 1.82) is 0 Å². The van der Waals surface area contributed by atoms with Crippen LogP contribution in [-0.2, 0) is 6.54 Å². The van der Waals surface area contributed by atoms with Crippen LogP contribution in [0.5, 0.6) is 0 Å². The number of carbonyl (C=O) groups is 1. The summed E-state index contributed by atoms with van der Waals surface area (Å²) >= 11 is 0. The molecule has 1 aromatic heterocycles. The van der Waals surface area contributed by atoms with E-state index in [1.807, 2.05) is 34.7 Å². The number of rotatable bonds is 3. The average molecular weight is 264 g/mol. The van der Waals surface area contributed by atoms with Gasteiger partial charge in [-0.2, -0.15) is 0 Å². The van der Waals surface area contributed by atoms with Crippen LogP contribution in [0, 0.1) is 0 Å². The van der Waals surface area contributed by atoms with Gasteiger partial charge in [-0.3, -0.25) is 4.79 Å². The maximum atomic E-state index is 12.5. The van der Waals surface area contributed by atoms with Crippen LogP contribution in [0.25, 0.3) is 0 Å². The van der Waals surface area contributed by atoms with Crippen molar-refractivity contribution in [3.8, 4) is 0 Å². The minimum absolute atomic E-state index is 0.0937. The van der Waals surface area contributed by atoms with E-state index in [-0.39, 0.29) is 5.91 Å². The molecule has 0 aliphatic carbocycles. The molecule has 2 heterocycles. The second kappa shape index (κ2) is 5.78. The molecule has 2 rings (SSSR count). The Morgan fingerprint density at radius 2 is 2.21 bits per heavy atom. The van der Waals surface area contributed by atoms with E-state index < -0.39 is 5.60 Å². The van der Waals surface area contributed by atoms with Crippen LogP contribution in [0.3, 0.4) is 0 Å². The summed E-state index contributed by atoms with van der Waals surface area (Å²) in [5.74, 6) is 0.0937. The highest BCUT2D eigenvalue weighted by Crippen LogP contribution is 2.22. The predicted octanol–water partition coefficient (Wildman–Crippen LogP) is 2.28. The molecular formula is C15H24N2O2. The lowest BCUT2D eigenvalue weighted by atomic mass is 9.98. The van der Waals surface area contributed by atoms with Gasteiger partial charge >= 0.3 is 0 Å². The number of aromatic nitrogens is 1. The van der Waals surface area contributed by atoms with E-state index in [1.54, 1.807) is 0 Å². The zero-order chi connectivity index (χ0) is 13.9. The molecule has 0 bridgehead atoms. The number of carbonyl (C=O) groups excluding carboxylic acids is 1. The summed E-state index contributed by atoms with van der Waals surface area (Å²) in [5, 5.41) is 10.1. The first kappa shape index (κ1) is 14.1. The summed E-state index contributed by atoms with van der Waals surface area (Å²) < 4.78 is 2.02. The quantitative estimate of drug-likeness (QED) is 0.910. The van der Waals surface area contributed by atoms with Gasteiger partial charge in [0.1, 0.15) is 5.69 Å². The Balaban J connectivity index is 2.08. The molecule has 1 aromatic rings. The third-order valence-corrected chi connectivity index (χ3v) is 3.86. The maximum absolute atomic E-state index is 12.5. The number of hydrogen-bond donors (Lipinski definition) is 1. The lowest BCUT2D eigenvalue weighted by Crippen LogP contribution is -2.34. The highest BCUT2D eigenvalue weighted by atomic mass is 16.3. The lowest BCUT2D eigenvalue weighted by molar-refractivity contribution is 0.0436. The van der Waals surface area contributed by atoms with Crippen molar-refractivity contribution in [2.45, 2.75) is 51.7 Å². The van der Waals surface area contributed by atoms with E-state index in [2.05, 4.69) is 6.92 Å². The first-order chi connectivity index (χ1) is 9.03. The number of aryl methyl sites for hydroxylation is 1. The van der Waals surface area contributed by atoms with Gasteiger partial charge in [0.25, 0.3) is 5.91 Å². The summed E-state index contributed by atoms with van der Waals surface area (Å²) in [5.41, 5.74) is 0.142. The van der Waals surface area contributed by atoms with Gasteiger partial charge in [0.05, 0.1) is 5.60 Å². The molecule has 0 saturated carbocycles. The molecule has 1 aliphatic rings. The van der Waals surface area contributed by atoms with Crippen molar-refractivity contribution in [1.82, 2.24) is 9.47 Å². The molecule has 1 unspecified atom stereocenters. The van der Waals surface area contributed by atoms with Crippen LogP contribution in [0.15, 0.2) is 18.3 Å². The molecule has 1 N–H and O–H groups in total. The lowest BCUT2D eigenvalue weighted by Gasteiger charge is -2.23. The van der Waals surface area contributed by atoms with Gasteiger partial charge in [0.2, 0.25) is 0 Å². The van der Waals surface area contributed by atoms with Gasteiger partial charge in [-0.15, -0.1) is 0 Å². The number of likely N-dealkylation sites (tertiary alicyclic amines) is 1. The predicted molar refractivity (Wildman–Crippen MR) is 75.1 cm³/mol. The third-order valence-electron chi connectivity index (χ3n) is 3.86. The third kappa shape index (κ3) is 3.38. The summed E-state index contributed by atoms with van der Waals surface area (Å²) in [6.07, 6.45) is 5.28. The fourth-order valence-corrected chi connectivity index (χ4v) is 2.67. The molecule has 106 valence electrons. The molecule has 0 aromatic carbocycles. The Hall–Kier alpha value is -1.29. The number of hydrogen-bond acceptors (Lipinski definition) is 2. The second-order valence-corrected chi connectivity index (χ2v) is 5.73. The van der Waals surface area contributed by atoms with Crippen molar-refractivity contribution >= 4 is 5.91 Å². The first-order valence-electron chi connectivity index (χ1n) is 7.20. The normalized spacial score (nSPS) is 24.3. The summed E-state index contributed by atoms with van der Waals surface area (Å²) in [6, 6.07) is 3.82. The number of aliphatic hydroxyl groups is 1. The van der Waals surface area contributed by atoms with Crippen molar-refractivity contribution in [3.63, 3.8) is 0 Å². The molecule has 1 amide bonds. The average Bonchev–Trinajstić information content (AvgIpc) is 2.73. The summed E-state index contributed by atoms with van der Waals surface area (Å²) in [7, 11) is 0. The zero-order valence-electron chi connectivity index (χ0n) is 11.9. The van der Waals surface area contributed by atoms with Crippen LogP contribution in [0.4, 0.5) is 0 Å². The second-order valence-electron chi connectivity index (χ2n) is 5.73. The van der Waals surface area contributed by atoms with E-state index in [0.717, 1.165) is 38.0 Å². The monoisotopic (exact) mass is 264 g/mol. The molecule has 1 atom stereocenters. The molecule has 1 saturated heterocycles.